The van der Waals surface area contributed by atoms with Gasteiger partial charge in [-0.2, -0.15) is 0 Å². The standard InChI is InChI=1S/C20H38N4O3/c1-15(2)22-20(27)24(11-7-10-23(4)5)19(26)17(14-21-3)12-16-8-6-9-18(25)13-16/h15-17,21H,6-14H2,1-5H3,(H,22,27). The molecule has 1 aliphatic rings. The highest BCUT2D eigenvalue weighted by molar-refractivity contribution is 5.95. The number of nitrogens with one attached hydrogen (secondary N) is 2. The van der Waals surface area contributed by atoms with E-state index in [4.69, 9.17) is 0 Å². The summed E-state index contributed by atoms with van der Waals surface area (Å²) in [5.74, 6) is 0.107. The van der Waals surface area contributed by atoms with Crippen molar-refractivity contribution in [2.24, 2.45) is 11.8 Å². The molecule has 3 amide bonds. The maximum atomic E-state index is 13.2. The molecule has 0 spiro atoms. The van der Waals surface area contributed by atoms with Crippen molar-refractivity contribution in [2.75, 3.05) is 40.8 Å². The van der Waals surface area contributed by atoms with E-state index in [2.05, 4.69) is 10.6 Å². The molecule has 7 nitrogen and oxygen atoms in total. The van der Waals surface area contributed by atoms with Crippen LogP contribution >= 0.6 is 0 Å². The number of amides is 3. The highest BCUT2D eigenvalue weighted by Crippen LogP contribution is 2.28. The summed E-state index contributed by atoms with van der Waals surface area (Å²) >= 11 is 0. The first kappa shape index (κ1) is 23.6. The van der Waals surface area contributed by atoms with Gasteiger partial charge in [0.1, 0.15) is 5.78 Å². The van der Waals surface area contributed by atoms with E-state index in [0.29, 0.717) is 38.1 Å². The van der Waals surface area contributed by atoms with Gasteiger partial charge in [0.15, 0.2) is 0 Å². The maximum Gasteiger partial charge on any atom is 0.324 e. The minimum Gasteiger partial charge on any atom is -0.335 e. The maximum absolute atomic E-state index is 13.2. The molecule has 7 heteroatoms. The summed E-state index contributed by atoms with van der Waals surface area (Å²) in [6.07, 6.45) is 4.51. The lowest BCUT2D eigenvalue weighted by atomic mass is 9.81. The predicted octanol–water partition coefficient (Wildman–Crippen LogP) is 1.87. The molecule has 156 valence electrons. The molecule has 2 unspecified atom stereocenters. The molecular formula is C20H38N4O3. The molecule has 0 radical (unpaired) electrons. The fraction of sp³-hybridized carbons (Fsp3) is 0.850. The van der Waals surface area contributed by atoms with Crippen LogP contribution in [0, 0.1) is 11.8 Å². The third-order valence-electron chi connectivity index (χ3n) is 4.91. The van der Waals surface area contributed by atoms with E-state index in [0.717, 1.165) is 25.8 Å². The highest BCUT2D eigenvalue weighted by atomic mass is 16.2. The van der Waals surface area contributed by atoms with Crippen LogP contribution in [0.3, 0.4) is 0 Å². The number of ketones is 1. The molecule has 1 fully saturated rings. The topological polar surface area (TPSA) is 81.8 Å². The van der Waals surface area contributed by atoms with Gasteiger partial charge in [-0.1, -0.05) is 0 Å². The van der Waals surface area contributed by atoms with Crippen molar-refractivity contribution in [3.05, 3.63) is 0 Å². The first-order valence-electron chi connectivity index (χ1n) is 10.2. The fourth-order valence-corrected chi connectivity index (χ4v) is 3.64. The number of rotatable bonds is 10. The Balaban J connectivity index is 2.84. The molecule has 1 rings (SSSR count). The van der Waals surface area contributed by atoms with Crippen LogP contribution in [-0.2, 0) is 9.59 Å². The Morgan fingerprint density at radius 3 is 2.48 bits per heavy atom. The number of urea groups is 1. The smallest absolute Gasteiger partial charge is 0.324 e. The molecule has 1 aliphatic carbocycles. The van der Waals surface area contributed by atoms with Gasteiger partial charge in [0.25, 0.3) is 0 Å². The summed E-state index contributed by atoms with van der Waals surface area (Å²) in [6.45, 7) is 5.51. The second-order valence-electron chi connectivity index (χ2n) is 8.24. The number of imide groups is 1. The van der Waals surface area contributed by atoms with Gasteiger partial charge in [-0.3, -0.25) is 14.5 Å². The first-order chi connectivity index (χ1) is 12.7. The summed E-state index contributed by atoms with van der Waals surface area (Å²) in [7, 11) is 5.77. The summed E-state index contributed by atoms with van der Waals surface area (Å²) in [5, 5.41) is 5.93. The highest BCUT2D eigenvalue weighted by Gasteiger charge is 2.32. The molecule has 0 saturated heterocycles. The van der Waals surface area contributed by atoms with Gasteiger partial charge in [0.2, 0.25) is 5.91 Å². The van der Waals surface area contributed by atoms with Gasteiger partial charge >= 0.3 is 6.03 Å². The average molecular weight is 383 g/mol. The van der Waals surface area contributed by atoms with Gasteiger partial charge < -0.3 is 15.5 Å². The molecule has 0 bridgehead atoms. The summed E-state index contributed by atoms with van der Waals surface area (Å²) < 4.78 is 0. The number of carbonyl (C=O) groups excluding carboxylic acids is 3. The normalized spacial score (nSPS) is 18.6. The van der Waals surface area contributed by atoms with Crippen molar-refractivity contribution in [1.29, 1.82) is 0 Å². The van der Waals surface area contributed by atoms with Gasteiger partial charge in [0, 0.05) is 32.0 Å². The van der Waals surface area contributed by atoms with E-state index in [9.17, 15) is 14.4 Å². The first-order valence-corrected chi connectivity index (χ1v) is 10.2. The van der Waals surface area contributed by atoms with Gasteiger partial charge in [-0.15, -0.1) is 0 Å². The Kier molecular flexibility index (Phi) is 10.5. The van der Waals surface area contributed by atoms with Crippen LogP contribution < -0.4 is 10.6 Å². The Labute approximate surface area is 164 Å². The quantitative estimate of drug-likeness (QED) is 0.603. The van der Waals surface area contributed by atoms with Crippen molar-refractivity contribution in [3.63, 3.8) is 0 Å². The lowest BCUT2D eigenvalue weighted by molar-refractivity contribution is -0.133. The summed E-state index contributed by atoms with van der Waals surface area (Å²) in [6, 6.07) is -0.352. The van der Waals surface area contributed by atoms with Crippen LogP contribution in [0.1, 0.15) is 52.4 Å². The zero-order valence-corrected chi connectivity index (χ0v) is 17.7. The zero-order valence-electron chi connectivity index (χ0n) is 17.7. The molecular weight excluding hydrogens is 344 g/mol. The van der Waals surface area contributed by atoms with Crippen LogP contribution in [0.25, 0.3) is 0 Å². The van der Waals surface area contributed by atoms with Crippen molar-refractivity contribution in [1.82, 2.24) is 20.4 Å². The number of hydrogen-bond acceptors (Lipinski definition) is 5. The van der Waals surface area contributed by atoms with Gasteiger partial charge in [-0.25, -0.2) is 4.79 Å². The van der Waals surface area contributed by atoms with Crippen LogP contribution in [0.4, 0.5) is 4.79 Å². The van der Waals surface area contributed by atoms with Crippen LogP contribution in [0.15, 0.2) is 0 Å². The third kappa shape index (κ3) is 8.84. The van der Waals surface area contributed by atoms with Crippen molar-refractivity contribution >= 4 is 17.7 Å². The van der Waals surface area contributed by atoms with E-state index < -0.39 is 0 Å². The number of hydrogen-bond donors (Lipinski definition) is 2. The molecule has 0 aromatic heterocycles. The van der Waals surface area contributed by atoms with Crippen LogP contribution in [-0.4, -0.2) is 74.3 Å². The Morgan fingerprint density at radius 2 is 1.93 bits per heavy atom. The third-order valence-corrected chi connectivity index (χ3v) is 4.91. The van der Waals surface area contributed by atoms with E-state index in [-0.39, 0.29) is 29.8 Å². The number of Topliss-reactive ketones (excluding diaryl/α,β-unsaturated/α-hetero) is 1. The Bertz CT molecular complexity index is 494. The molecule has 0 aromatic rings. The molecule has 1 saturated carbocycles. The number of nitrogens with zero attached hydrogens (tertiary/aromatic N) is 2. The molecule has 2 atom stereocenters. The molecule has 2 N–H and O–H groups in total. The van der Waals surface area contributed by atoms with Gasteiger partial charge in [0.05, 0.1) is 5.92 Å². The van der Waals surface area contributed by atoms with Crippen molar-refractivity contribution in [3.8, 4) is 0 Å². The Morgan fingerprint density at radius 1 is 1.22 bits per heavy atom. The molecule has 0 aliphatic heterocycles. The number of carbonyl (C=O) groups is 3. The SMILES string of the molecule is CNCC(CC1CCCC(=O)C1)C(=O)N(CCCN(C)C)C(=O)NC(C)C. The summed E-state index contributed by atoms with van der Waals surface area (Å²) in [4.78, 5) is 41.0. The van der Waals surface area contributed by atoms with E-state index in [1.54, 1.807) is 0 Å². The van der Waals surface area contributed by atoms with Crippen molar-refractivity contribution in [2.45, 2.75) is 58.4 Å². The minimum atomic E-state index is -0.324. The molecule has 0 aromatic carbocycles. The lowest BCUT2D eigenvalue weighted by Crippen LogP contribution is -2.50. The minimum absolute atomic E-state index is 0.0274. The largest absolute Gasteiger partial charge is 0.335 e. The monoisotopic (exact) mass is 382 g/mol. The summed E-state index contributed by atoms with van der Waals surface area (Å²) in [5.41, 5.74) is 0. The Hall–Kier alpha value is -1.47. The van der Waals surface area contributed by atoms with E-state index in [1.807, 2.05) is 39.9 Å². The second-order valence-corrected chi connectivity index (χ2v) is 8.24. The fourth-order valence-electron chi connectivity index (χ4n) is 3.64. The molecule has 27 heavy (non-hydrogen) atoms. The van der Waals surface area contributed by atoms with E-state index in [1.165, 1.54) is 4.90 Å². The van der Waals surface area contributed by atoms with Crippen molar-refractivity contribution < 1.29 is 14.4 Å². The zero-order chi connectivity index (χ0) is 20.4. The lowest BCUT2D eigenvalue weighted by Gasteiger charge is -2.30. The molecule has 0 heterocycles. The second kappa shape index (κ2) is 12.1. The van der Waals surface area contributed by atoms with Crippen LogP contribution in [0.5, 0.6) is 0 Å². The van der Waals surface area contributed by atoms with E-state index >= 15 is 0 Å². The average Bonchev–Trinajstić information content (AvgIpc) is 2.57. The predicted molar refractivity (Wildman–Crippen MR) is 108 cm³/mol. The van der Waals surface area contributed by atoms with Crippen LogP contribution in [0.2, 0.25) is 0 Å². The van der Waals surface area contributed by atoms with Gasteiger partial charge in [-0.05, 0) is 73.1 Å².